The van der Waals surface area contributed by atoms with Gasteiger partial charge in [-0.3, -0.25) is 29.8 Å². The number of aromatic nitrogens is 4. The number of imidazole rings is 2. The first-order valence-corrected chi connectivity index (χ1v) is 24.3. The molecular weight excluding hydrogens is 925 g/mol. The zero-order valence-corrected chi connectivity index (χ0v) is 41.5. The number of hydrogen-bond acceptors (Lipinski definition) is 12. The van der Waals surface area contributed by atoms with E-state index in [-0.39, 0.29) is 27.5 Å². The van der Waals surface area contributed by atoms with Crippen molar-refractivity contribution in [1.82, 2.24) is 29.7 Å². The minimum absolute atomic E-state index is 0.185. The predicted molar refractivity (Wildman–Crippen MR) is 274 cm³/mol. The Labute approximate surface area is 414 Å². The number of thioether (sulfide) groups is 2. The van der Waals surface area contributed by atoms with Crippen molar-refractivity contribution >= 4 is 67.9 Å². The van der Waals surface area contributed by atoms with Crippen molar-refractivity contribution in [1.29, 1.82) is 0 Å². The molecule has 0 spiro atoms. The molecule has 2 fully saturated rings. The Hall–Kier alpha value is -7.56. The summed E-state index contributed by atoms with van der Waals surface area (Å²) < 4.78 is 28.1. The van der Waals surface area contributed by atoms with E-state index in [0.717, 1.165) is 103 Å². The monoisotopic (exact) mass is 976 g/mol. The maximum Gasteiger partial charge on any atom is 0.286 e. The Kier molecular flexibility index (Phi) is 15.2. The number of ether oxygens (including phenoxy) is 4. The zero-order chi connectivity index (χ0) is 49.5. The molecule has 4 heterocycles. The second-order valence-corrected chi connectivity index (χ2v) is 19.2. The van der Waals surface area contributed by atoms with Gasteiger partial charge in [-0.2, -0.15) is 0 Å². The summed E-state index contributed by atoms with van der Waals surface area (Å²) in [5.41, 5.74) is 10.7. The lowest BCUT2D eigenvalue weighted by molar-refractivity contribution is -0.119. The summed E-state index contributed by atoms with van der Waals surface area (Å²) in [4.78, 5) is 52.7. The molecule has 2 aliphatic heterocycles. The van der Waals surface area contributed by atoms with Gasteiger partial charge >= 0.3 is 0 Å². The molecular formula is C54H52N6O8S2. The summed E-state index contributed by atoms with van der Waals surface area (Å²) in [6, 6.07) is 39.8. The van der Waals surface area contributed by atoms with Gasteiger partial charge in [-0.15, -0.1) is 0 Å². The number of carbonyl (C=O) groups is 4. The molecule has 2 aliphatic rings. The Morgan fingerprint density at radius 1 is 0.529 bits per heavy atom. The number of benzene rings is 6. The molecule has 1 unspecified atom stereocenters. The van der Waals surface area contributed by atoms with Crippen LogP contribution in [0.25, 0.3) is 22.1 Å². The molecule has 1 atom stereocenters. The van der Waals surface area contributed by atoms with Crippen molar-refractivity contribution in [3.8, 4) is 34.5 Å². The van der Waals surface area contributed by atoms with Gasteiger partial charge in [0, 0.05) is 26.2 Å². The molecule has 0 saturated carbocycles. The van der Waals surface area contributed by atoms with Crippen LogP contribution >= 0.6 is 23.5 Å². The fraction of sp³-hybridized carbons (Fsp3) is 0.222. The molecule has 2 aromatic heterocycles. The summed E-state index contributed by atoms with van der Waals surface area (Å²) in [6.07, 6.45) is 0.500. The Balaban J connectivity index is 0.000000168. The summed E-state index contributed by atoms with van der Waals surface area (Å²) >= 11 is 2.04. The van der Waals surface area contributed by atoms with Crippen LogP contribution in [0.5, 0.6) is 34.5 Å². The normalized spacial score (nSPS) is 14.1. The number of rotatable bonds is 12. The van der Waals surface area contributed by atoms with E-state index >= 15 is 0 Å². The van der Waals surface area contributed by atoms with Crippen LogP contribution in [0.4, 0.5) is 9.59 Å². The largest absolute Gasteiger partial charge is 0.486 e. The van der Waals surface area contributed by atoms with Crippen LogP contribution in [0.3, 0.4) is 0 Å². The van der Waals surface area contributed by atoms with E-state index in [1.54, 1.807) is 0 Å². The SMILES string of the molecule is Cc1cc(C)cc(Oc2ccc3nc(COc4ccc(CC5SC(=O)NC5=O)cc4)n(C)c3c2)c1.Cc1ccc(OCc2nc3ccc(Oc4cc(C)cc(C)c4)cc3n2C)cc1.O=C1CSC(=O)N1. The van der Waals surface area contributed by atoms with E-state index in [1.165, 1.54) is 16.7 Å². The van der Waals surface area contributed by atoms with E-state index in [0.29, 0.717) is 31.1 Å². The van der Waals surface area contributed by atoms with Gasteiger partial charge in [0.05, 0.1) is 33.1 Å². The van der Waals surface area contributed by atoms with Crippen LogP contribution in [0.15, 0.2) is 121 Å². The molecule has 0 radical (unpaired) electrons. The van der Waals surface area contributed by atoms with Crippen LogP contribution in [0.1, 0.15) is 45.0 Å². The molecule has 6 aromatic carbocycles. The fourth-order valence-corrected chi connectivity index (χ4v) is 9.17. The van der Waals surface area contributed by atoms with Crippen molar-refractivity contribution in [2.24, 2.45) is 14.1 Å². The smallest absolute Gasteiger partial charge is 0.286 e. The molecule has 2 N–H and O–H groups in total. The van der Waals surface area contributed by atoms with Crippen LogP contribution < -0.4 is 29.6 Å². The number of hydrogen-bond donors (Lipinski definition) is 2. The van der Waals surface area contributed by atoms with Crippen molar-refractivity contribution in [2.45, 2.75) is 59.5 Å². The van der Waals surface area contributed by atoms with Gasteiger partial charge in [0.15, 0.2) is 0 Å². The number of nitrogens with one attached hydrogen (secondary N) is 2. The second kappa shape index (κ2) is 21.8. The number of nitrogens with zero attached hydrogens (tertiary/aromatic N) is 4. The van der Waals surface area contributed by atoms with Gasteiger partial charge in [-0.1, -0.05) is 65.5 Å². The van der Waals surface area contributed by atoms with Gasteiger partial charge in [0.2, 0.25) is 11.8 Å². The summed E-state index contributed by atoms with van der Waals surface area (Å²) in [7, 11) is 3.97. The average Bonchev–Trinajstić information content (AvgIpc) is 4.05. The molecule has 10 rings (SSSR count). The molecule has 8 aromatic rings. The maximum atomic E-state index is 11.8. The van der Waals surface area contributed by atoms with Crippen molar-refractivity contribution in [2.75, 3.05) is 5.75 Å². The summed E-state index contributed by atoms with van der Waals surface area (Å²) in [6.45, 7) is 11.1. The lowest BCUT2D eigenvalue weighted by Crippen LogP contribution is -2.25. The third-order valence-electron chi connectivity index (χ3n) is 11.2. The third-order valence-corrected chi connectivity index (χ3v) is 12.9. The van der Waals surface area contributed by atoms with E-state index in [9.17, 15) is 19.2 Å². The lowest BCUT2D eigenvalue weighted by atomic mass is 10.1. The predicted octanol–water partition coefficient (Wildman–Crippen LogP) is 11.3. The molecule has 70 heavy (non-hydrogen) atoms. The van der Waals surface area contributed by atoms with Gasteiger partial charge < -0.3 is 28.1 Å². The number of imide groups is 2. The summed E-state index contributed by atoms with van der Waals surface area (Å²) in [5, 5.41) is 3.52. The van der Waals surface area contributed by atoms with Crippen LogP contribution in [-0.2, 0) is 43.3 Å². The topological polar surface area (TPSA) is 165 Å². The van der Waals surface area contributed by atoms with Gasteiger partial charge in [0.1, 0.15) is 59.4 Å². The highest BCUT2D eigenvalue weighted by atomic mass is 32.2. The first kappa shape index (κ1) is 48.9. The standard InChI is InChI=1S/C27H25N3O4S.C24H24N2O2.C3H3NO2S/c1-16-10-17(2)12-21(11-16)34-20-8-9-22-23(14-20)30(3)25(28-22)15-33-19-6-4-18(5-7-19)13-24-26(31)29-27(32)35-24;1-16-5-7-19(8-6-16)27-15-24-25-22-10-9-20(14-23(22)26(24)4)28-21-12-17(2)11-18(3)13-21;5-2-1-7-3(6)4-2/h4-12,14,24H,13,15H2,1-3H3,(H,29,31,32);5-14H,15H2,1-4H3;1H2,(H,4,5,6). The molecule has 0 aliphatic carbocycles. The van der Waals surface area contributed by atoms with Gasteiger partial charge in [-0.05, 0) is 142 Å². The highest BCUT2D eigenvalue weighted by Crippen LogP contribution is 2.30. The minimum atomic E-state index is -0.377. The van der Waals surface area contributed by atoms with E-state index < -0.39 is 0 Å². The highest BCUT2D eigenvalue weighted by molar-refractivity contribution is 8.15. The van der Waals surface area contributed by atoms with Crippen LogP contribution in [0.2, 0.25) is 0 Å². The molecule has 14 nitrogen and oxygen atoms in total. The highest BCUT2D eigenvalue weighted by Gasteiger charge is 2.31. The lowest BCUT2D eigenvalue weighted by Gasteiger charge is -2.09. The number of fused-ring (bicyclic) bond motifs is 2. The van der Waals surface area contributed by atoms with Crippen molar-refractivity contribution in [3.05, 3.63) is 166 Å². The maximum absolute atomic E-state index is 11.8. The van der Waals surface area contributed by atoms with Crippen LogP contribution in [-0.4, -0.2) is 52.4 Å². The van der Waals surface area contributed by atoms with E-state index in [4.69, 9.17) is 28.9 Å². The summed E-state index contributed by atoms with van der Waals surface area (Å²) in [5.74, 6) is 6.31. The van der Waals surface area contributed by atoms with Crippen LogP contribution in [0, 0.1) is 34.6 Å². The Morgan fingerprint density at radius 3 is 1.39 bits per heavy atom. The molecule has 16 heteroatoms. The Bertz CT molecular complexity index is 3190. The molecule has 358 valence electrons. The Morgan fingerprint density at radius 2 is 0.986 bits per heavy atom. The second-order valence-electron chi connectivity index (χ2n) is 17.1. The fourth-order valence-electron chi connectivity index (χ4n) is 7.79. The van der Waals surface area contributed by atoms with Gasteiger partial charge in [0.25, 0.3) is 10.5 Å². The number of aryl methyl sites for hydroxylation is 7. The molecule has 4 amide bonds. The quantitative estimate of drug-likeness (QED) is 0.119. The first-order chi connectivity index (χ1) is 33.6. The van der Waals surface area contributed by atoms with E-state index in [2.05, 4.69) is 62.0 Å². The minimum Gasteiger partial charge on any atom is -0.486 e. The van der Waals surface area contributed by atoms with E-state index in [1.807, 2.05) is 128 Å². The van der Waals surface area contributed by atoms with Gasteiger partial charge in [-0.25, -0.2) is 9.97 Å². The van der Waals surface area contributed by atoms with Crippen molar-refractivity contribution in [3.63, 3.8) is 0 Å². The average molecular weight is 977 g/mol. The van der Waals surface area contributed by atoms with Crippen molar-refractivity contribution < 1.29 is 38.1 Å². The first-order valence-electron chi connectivity index (χ1n) is 22.4. The number of amides is 4. The third kappa shape index (κ3) is 12.7. The molecule has 2 saturated heterocycles. The molecule has 0 bridgehead atoms. The zero-order valence-electron chi connectivity index (χ0n) is 39.8. The number of carbonyl (C=O) groups excluding carboxylic acids is 4.